The molecule has 1 amide bonds. The fraction of sp³-hybridized carbons (Fsp3) is 0.105. The molecule has 0 bridgehead atoms. The second-order valence-electron chi connectivity index (χ2n) is 6.46. The highest BCUT2D eigenvalue weighted by Crippen LogP contribution is 2.19. The largest absolute Gasteiger partial charge is 0.389 e. The van der Waals surface area contributed by atoms with Crippen LogP contribution < -0.4 is 5.32 Å². The molecule has 1 aromatic carbocycles. The van der Waals surface area contributed by atoms with Crippen molar-refractivity contribution < 1.29 is 9.72 Å². The predicted octanol–water partition coefficient (Wildman–Crippen LogP) is 4.05. The zero-order chi connectivity index (χ0) is 21.1. The third-order valence-corrected chi connectivity index (χ3v) is 5.41. The van der Waals surface area contributed by atoms with Gasteiger partial charge in [-0.2, -0.15) is 9.78 Å². The quantitative estimate of drug-likeness (QED) is 0.343. The number of nitro groups is 1. The minimum atomic E-state index is -0.546. The van der Waals surface area contributed by atoms with Crippen LogP contribution in [-0.2, 0) is 13.1 Å². The summed E-state index contributed by atoms with van der Waals surface area (Å²) in [6.45, 7) is 0.906. The Morgan fingerprint density at radius 1 is 1.17 bits per heavy atom. The number of rotatable bonds is 7. The van der Waals surface area contributed by atoms with E-state index in [9.17, 15) is 14.9 Å². The number of halogens is 1. The van der Waals surface area contributed by atoms with Crippen LogP contribution >= 0.6 is 22.9 Å². The van der Waals surface area contributed by atoms with E-state index in [-0.39, 0.29) is 11.7 Å². The van der Waals surface area contributed by atoms with Crippen molar-refractivity contribution in [3.63, 3.8) is 0 Å². The highest BCUT2D eigenvalue weighted by molar-refractivity contribution is 7.12. The molecule has 1 N–H and O–H groups in total. The minimum absolute atomic E-state index is 0.209. The van der Waals surface area contributed by atoms with Crippen LogP contribution in [0.15, 0.2) is 60.4 Å². The topological polar surface area (TPSA) is 108 Å². The lowest BCUT2D eigenvalue weighted by Gasteiger charge is -2.02. The van der Waals surface area contributed by atoms with E-state index in [2.05, 4.69) is 15.5 Å². The number of nitrogens with one attached hydrogen (secondary N) is 1. The van der Waals surface area contributed by atoms with E-state index < -0.39 is 4.92 Å². The third-order valence-electron chi connectivity index (χ3n) is 4.18. The lowest BCUT2D eigenvalue weighted by molar-refractivity contribution is -0.389. The van der Waals surface area contributed by atoms with Gasteiger partial charge in [0.2, 0.25) is 0 Å². The van der Waals surface area contributed by atoms with Crippen LogP contribution in [0.2, 0.25) is 5.02 Å². The number of anilines is 1. The molecule has 3 aromatic heterocycles. The average molecular weight is 443 g/mol. The molecule has 9 nitrogen and oxygen atoms in total. The van der Waals surface area contributed by atoms with E-state index in [0.717, 1.165) is 11.1 Å². The van der Waals surface area contributed by atoms with Gasteiger partial charge < -0.3 is 15.4 Å². The van der Waals surface area contributed by atoms with Crippen molar-refractivity contribution in [1.82, 2.24) is 19.6 Å². The summed E-state index contributed by atoms with van der Waals surface area (Å²) in [5, 5.41) is 24.2. The molecule has 0 fully saturated rings. The molecule has 0 saturated heterocycles. The van der Waals surface area contributed by atoms with Gasteiger partial charge in [-0.05, 0) is 39.6 Å². The van der Waals surface area contributed by atoms with Crippen molar-refractivity contribution in [2.75, 3.05) is 5.32 Å². The van der Waals surface area contributed by atoms with Gasteiger partial charge in [0.1, 0.15) is 0 Å². The smallest absolute Gasteiger partial charge is 0.358 e. The molecule has 0 aliphatic heterocycles. The molecule has 0 aliphatic rings. The summed E-state index contributed by atoms with van der Waals surface area (Å²) in [5.74, 6) is -0.456. The van der Waals surface area contributed by atoms with Gasteiger partial charge in [0.15, 0.2) is 0 Å². The standard InChI is InChI=1S/C19H15ClN6O3S/c20-15-3-1-13(2-4-15)9-25-11-16(8-21-25)22-19(27)17-7-14(12-30-17)10-24-6-5-18(23-24)26(28)29/h1-8,11-12H,9-10H2,(H,22,27). The number of hydrogen-bond acceptors (Lipinski definition) is 6. The van der Waals surface area contributed by atoms with Crippen molar-refractivity contribution in [3.8, 4) is 0 Å². The summed E-state index contributed by atoms with van der Waals surface area (Å²) in [6, 6.07) is 10.6. The summed E-state index contributed by atoms with van der Waals surface area (Å²) in [7, 11) is 0. The van der Waals surface area contributed by atoms with Crippen LogP contribution in [0.25, 0.3) is 0 Å². The summed E-state index contributed by atoms with van der Waals surface area (Å²) >= 11 is 7.19. The van der Waals surface area contributed by atoms with Crippen molar-refractivity contribution in [2.45, 2.75) is 13.1 Å². The van der Waals surface area contributed by atoms with Crippen LogP contribution in [0.5, 0.6) is 0 Å². The second kappa shape index (κ2) is 8.47. The zero-order valence-corrected chi connectivity index (χ0v) is 17.0. The Bertz CT molecular complexity index is 1200. The molecule has 0 spiro atoms. The maximum absolute atomic E-state index is 12.5. The van der Waals surface area contributed by atoms with E-state index >= 15 is 0 Å². The van der Waals surface area contributed by atoms with Crippen LogP contribution in [-0.4, -0.2) is 30.4 Å². The number of carbonyl (C=O) groups excluding carboxylic acids is 1. The number of amides is 1. The fourth-order valence-corrected chi connectivity index (χ4v) is 3.71. The molecule has 11 heteroatoms. The van der Waals surface area contributed by atoms with E-state index in [1.165, 1.54) is 28.3 Å². The van der Waals surface area contributed by atoms with Gasteiger partial charge in [-0.25, -0.2) is 0 Å². The number of aromatic nitrogens is 4. The molecular formula is C19H15ClN6O3S. The van der Waals surface area contributed by atoms with Crippen molar-refractivity contribution >= 4 is 40.4 Å². The first kappa shape index (κ1) is 19.8. The molecule has 152 valence electrons. The first-order valence-electron chi connectivity index (χ1n) is 8.80. The molecule has 0 unspecified atom stereocenters. The SMILES string of the molecule is O=C(Nc1cnn(Cc2ccc(Cl)cc2)c1)c1cc(Cn2ccc([N+](=O)[O-])n2)cs1. The molecule has 4 rings (SSSR count). The number of carbonyl (C=O) groups is 1. The summed E-state index contributed by atoms with van der Waals surface area (Å²) in [6.07, 6.45) is 4.87. The van der Waals surface area contributed by atoms with Crippen LogP contribution in [0.4, 0.5) is 11.5 Å². The molecule has 4 aromatic rings. The van der Waals surface area contributed by atoms with Gasteiger partial charge in [0.25, 0.3) is 5.91 Å². The lowest BCUT2D eigenvalue weighted by atomic mass is 10.2. The van der Waals surface area contributed by atoms with Gasteiger partial charge in [-0.3, -0.25) is 9.48 Å². The van der Waals surface area contributed by atoms with Gasteiger partial charge in [0, 0.05) is 11.2 Å². The van der Waals surface area contributed by atoms with E-state index in [1.54, 1.807) is 23.1 Å². The molecule has 0 atom stereocenters. The Balaban J connectivity index is 1.36. The van der Waals surface area contributed by atoms with Crippen molar-refractivity contribution in [3.05, 3.63) is 91.5 Å². The Morgan fingerprint density at radius 2 is 1.93 bits per heavy atom. The first-order valence-corrected chi connectivity index (χ1v) is 10.1. The zero-order valence-electron chi connectivity index (χ0n) is 15.4. The molecule has 0 radical (unpaired) electrons. The second-order valence-corrected chi connectivity index (χ2v) is 7.80. The number of benzene rings is 1. The molecule has 0 aliphatic carbocycles. The normalized spacial score (nSPS) is 10.8. The predicted molar refractivity (Wildman–Crippen MR) is 113 cm³/mol. The van der Waals surface area contributed by atoms with Crippen LogP contribution in [0, 0.1) is 10.1 Å². The number of thiophene rings is 1. The van der Waals surface area contributed by atoms with Crippen molar-refractivity contribution in [1.29, 1.82) is 0 Å². The summed E-state index contributed by atoms with van der Waals surface area (Å²) in [5.41, 5.74) is 2.47. The number of hydrogen-bond donors (Lipinski definition) is 1. The number of nitrogens with zero attached hydrogens (tertiary/aromatic N) is 5. The summed E-state index contributed by atoms with van der Waals surface area (Å²) < 4.78 is 3.19. The maximum atomic E-state index is 12.5. The first-order chi connectivity index (χ1) is 14.5. The molecule has 0 saturated carbocycles. The van der Waals surface area contributed by atoms with E-state index in [4.69, 9.17) is 11.6 Å². The highest BCUT2D eigenvalue weighted by Gasteiger charge is 2.14. The maximum Gasteiger partial charge on any atom is 0.389 e. The Labute approximate surface area is 179 Å². The summed E-state index contributed by atoms with van der Waals surface area (Å²) in [4.78, 5) is 23.2. The Kier molecular flexibility index (Phi) is 5.59. The average Bonchev–Trinajstić information content (AvgIpc) is 3.46. The fourth-order valence-electron chi connectivity index (χ4n) is 2.79. The van der Waals surface area contributed by atoms with Crippen LogP contribution in [0.1, 0.15) is 20.8 Å². The van der Waals surface area contributed by atoms with Gasteiger partial charge >= 0.3 is 5.82 Å². The van der Waals surface area contributed by atoms with Crippen LogP contribution in [0.3, 0.4) is 0 Å². The highest BCUT2D eigenvalue weighted by atomic mass is 35.5. The molecule has 30 heavy (non-hydrogen) atoms. The van der Waals surface area contributed by atoms with E-state index in [0.29, 0.717) is 28.7 Å². The van der Waals surface area contributed by atoms with Crippen molar-refractivity contribution in [2.24, 2.45) is 0 Å². The van der Waals surface area contributed by atoms with Gasteiger partial charge in [-0.15, -0.1) is 11.3 Å². The minimum Gasteiger partial charge on any atom is -0.358 e. The monoisotopic (exact) mass is 442 g/mol. The van der Waals surface area contributed by atoms with Gasteiger partial charge in [0.05, 0.1) is 47.2 Å². The lowest BCUT2D eigenvalue weighted by Crippen LogP contribution is -2.09. The molecular weight excluding hydrogens is 428 g/mol. The third kappa shape index (κ3) is 4.73. The molecule has 3 heterocycles. The Hall–Kier alpha value is -3.50. The van der Waals surface area contributed by atoms with Gasteiger partial charge in [-0.1, -0.05) is 23.7 Å². The Morgan fingerprint density at radius 3 is 2.67 bits per heavy atom. The van der Waals surface area contributed by atoms with E-state index in [1.807, 2.05) is 29.6 Å².